The minimum atomic E-state index is -1.02. The summed E-state index contributed by atoms with van der Waals surface area (Å²) in [5.41, 5.74) is 11.9. The number of nitrogens with two attached hydrogens (primary N) is 2. The van der Waals surface area contributed by atoms with Crippen molar-refractivity contribution >= 4 is 23.3 Å². The summed E-state index contributed by atoms with van der Waals surface area (Å²) in [5, 5.41) is 25.8. The molecule has 0 amide bonds. The Balaban J connectivity index is 3.08. The van der Waals surface area contributed by atoms with E-state index in [2.05, 4.69) is 5.32 Å². The molecule has 17 heavy (non-hydrogen) atoms. The normalized spacial score (nSPS) is 9.65. The molecule has 7 nitrogen and oxygen atoms in total. The predicted molar refractivity (Wildman–Crippen MR) is 64.6 cm³/mol. The smallest absolute Gasteiger partial charge is 0.322 e. The SMILES string of the molecule is N=C(N)c1ccc(NCC(=O)O)c(C(=N)N)c1. The summed E-state index contributed by atoms with van der Waals surface area (Å²) < 4.78 is 0. The third kappa shape index (κ3) is 3.20. The number of nitrogens with one attached hydrogen (secondary N) is 3. The number of rotatable bonds is 5. The van der Waals surface area contributed by atoms with Crippen molar-refractivity contribution in [1.29, 1.82) is 10.8 Å². The highest BCUT2D eigenvalue weighted by Crippen LogP contribution is 2.16. The summed E-state index contributed by atoms with van der Waals surface area (Å²) in [6, 6.07) is 4.56. The standard InChI is InChI=1S/C10H13N5O2/c11-9(12)5-1-2-7(15-4-8(16)17)6(3-5)10(13)14/h1-3,15H,4H2,(H3,11,12)(H3,13,14)(H,16,17). The second kappa shape index (κ2) is 4.97. The van der Waals surface area contributed by atoms with Crippen molar-refractivity contribution < 1.29 is 9.90 Å². The maximum absolute atomic E-state index is 10.4. The van der Waals surface area contributed by atoms with E-state index in [1.165, 1.54) is 12.1 Å². The zero-order valence-corrected chi connectivity index (χ0v) is 8.95. The number of carboxylic acids is 1. The number of carbonyl (C=O) groups is 1. The van der Waals surface area contributed by atoms with Crippen LogP contribution in [0.3, 0.4) is 0 Å². The number of anilines is 1. The van der Waals surface area contributed by atoms with E-state index < -0.39 is 5.97 Å². The third-order valence-corrected chi connectivity index (χ3v) is 2.05. The van der Waals surface area contributed by atoms with Crippen LogP contribution in [-0.4, -0.2) is 29.3 Å². The van der Waals surface area contributed by atoms with Gasteiger partial charge in [0.15, 0.2) is 0 Å². The van der Waals surface area contributed by atoms with Crippen LogP contribution in [0.1, 0.15) is 11.1 Å². The predicted octanol–water partition coefficient (Wildman–Crippen LogP) is -0.249. The van der Waals surface area contributed by atoms with Crippen LogP contribution >= 0.6 is 0 Å². The van der Waals surface area contributed by atoms with Crippen molar-refractivity contribution in [3.05, 3.63) is 29.3 Å². The number of hydrogen-bond acceptors (Lipinski definition) is 4. The van der Waals surface area contributed by atoms with E-state index >= 15 is 0 Å². The van der Waals surface area contributed by atoms with Crippen LogP contribution in [0.15, 0.2) is 18.2 Å². The first kappa shape index (κ1) is 12.5. The molecular weight excluding hydrogens is 222 g/mol. The number of carboxylic acid groups (broad SMARTS) is 1. The molecule has 0 fully saturated rings. The van der Waals surface area contributed by atoms with Crippen LogP contribution in [-0.2, 0) is 4.79 Å². The molecule has 0 aliphatic rings. The average Bonchev–Trinajstić information content (AvgIpc) is 2.25. The molecular formula is C10H13N5O2. The van der Waals surface area contributed by atoms with Gasteiger partial charge < -0.3 is 21.9 Å². The van der Waals surface area contributed by atoms with Gasteiger partial charge in [0.05, 0.1) is 0 Å². The summed E-state index contributed by atoms with van der Waals surface area (Å²) in [4.78, 5) is 10.4. The Morgan fingerprint density at radius 2 is 1.94 bits per heavy atom. The van der Waals surface area contributed by atoms with Gasteiger partial charge in [0.2, 0.25) is 0 Å². The lowest BCUT2D eigenvalue weighted by atomic mass is 10.1. The van der Waals surface area contributed by atoms with Crippen molar-refractivity contribution in [2.24, 2.45) is 11.5 Å². The van der Waals surface area contributed by atoms with E-state index in [1.807, 2.05) is 0 Å². The summed E-state index contributed by atoms with van der Waals surface area (Å²) in [7, 11) is 0. The average molecular weight is 235 g/mol. The van der Waals surface area contributed by atoms with E-state index in [-0.39, 0.29) is 18.2 Å². The molecule has 1 aromatic carbocycles. The fraction of sp³-hybridized carbons (Fsp3) is 0.100. The molecule has 0 bridgehead atoms. The molecule has 0 saturated carbocycles. The fourth-order valence-electron chi connectivity index (χ4n) is 1.26. The van der Waals surface area contributed by atoms with Gasteiger partial charge >= 0.3 is 5.97 Å². The molecule has 0 unspecified atom stereocenters. The highest BCUT2D eigenvalue weighted by atomic mass is 16.4. The second-order valence-corrected chi connectivity index (χ2v) is 3.34. The molecule has 1 rings (SSSR count). The summed E-state index contributed by atoms with van der Waals surface area (Å²) in [5.74, 6) is -1.38. The first-order valence-corrected chi connectivity index (χ1v) is 4.70. The second-order valence-electron chi connectivity index (χ2n) is 3.34. The molecule has 1 aromatic rings. The Bertz CT molecular complexity index is 484. The van der Waals surface area contributed by atoms with Crippen LogP contribution in [0.25, 0.3) is 0 Å². The lowest BCUT2D eigenvalue weighted by Gasteiger charge is -2.11. The van der Waals surface area contributed by atoms with Crippen LogP contribution in [0.5, 0.6) is 0 Å². The minimum absolute atomic E-state index is 0.141. The first-order valence-electron chi connectivity index (χ1n) is 4.70. The molecule has 0 aromatic heterocycles. The van der Waals surface area contributed by atoms with E-state index in [4.69, 9.17) is 27.4 Å². The molecule has 0 aliphatic carbocycles. The van der Waals surface area contributed by atoms with Crippen molar-refractivity contribution in [2.75, 3.05) is 11.9 Å². The fourth-order valence-corrected chi connectivity index (χ4v) is 1.26. The van der Waals surface area contributed by atoms with Crippen LogP contribution in [0.2, 0.25) is 0 Å². The van der Waals surface area contributed by atoms with Gasteiger partial charge in [-0.15, -0.1) is 0 Å². The lowest BCUT2D eigenvalue weighted by molar-refractivity contribution is -0.134. The topological polar surface area (TPSA) is 149 Å². The van der Waals surface area contributed by atoms with E-state index in [0.29, 0.717) is 16.8 Å². The zero-order valence-electron chi connectivity index (χ0n) is 8.95. The van der Waals surface area contributed by atoms with Gasteiger partial charge in [0.1, 0.15) is 18.2 Å². The maximum atomic E-state index is 10.4. The summed E-state index contributed by atoms with van der Waals surface area (Å²) in [6.07, 6.45) is 0. The van der Waals surface area contributed by atoms with Crippen molar-refractivity contribution in [3.63, 3.8) is 0 Å². The zero-order chi connectivity index (χ0) is 13.0. The summed E-state index contributed by atoms with van der Waals surface area (Å²) >= 11 is 0. The minimum Gasteiger partial charge on any atom is -0.480 e. The van der Waals surface area contributed by atoms with Gasteiger partial charge in [-0.25, -0.2) is 0 Å². The monoisotopic (exact) mass is 235 g/mol. The Morgan fingerprint density at radius 1 is 1.29 bits per heavy atom. The number of amidine groups is 2. The van der Waals surface area contributed by atoms with Gasteiger partial charge in [-0.3, -0.25) is 15.6 Å². The molecule has 0 atom stereocenters. The third-order valence-electron chi connectivity index (χ3n) is 2.05. The Labute approximate surface area is 97.4 Å². The molecule has 0 heterocycles. The summed E-state index contributed by atoms with van der Waals surface area (Å²) in [6.45, 7) is -0.278. The number of benzene rings is 1. The Morgan fingerprint density at radius 3 is 2.41 bits per heavy atom. The van der Waals surface area contributed by atoms with E-state index in [0.717, 1.165) is 0 Å². The van der Waals surface area contributed by atoms with Gasteiger partial charge in [-0.2, -0.15) is 0 Å². The Kier molecular flexibility index (Phi) is 3.66. The molecule has 7 heteroatoms. The highest BCUT2D eigenvalue weighted by molar-refractivity contribution is 6.04. The molecule has 8 N–H and O–H groups in total. The van der Waals surface area contributed by atoms with Gasteiger partial charge in [0, 0.05) is 16.8 Å². The molecule has 0 radical (unpaired) electrons. The lowest BCUT2D eigenvalue weighted by Crippen LogP contribution is -2.20. The first-order chi connectivity index (χ1) is 7.91. The molecule has 90 valence electrons. The van der Waals surface area contributed by atoms with Crippen LogP contribution in [0, 0.1) is 10.8 Å². The highest BCUT2D eigenvalue weighted by Gasteiger charge is 2.09. The van der Waals surface area contributed by atoms with Crippen LogP contribution in [0.4, 0.5) is 5.69 Å². The van der Waals surface area contributed by atoms with E-state index in [9.17, 15) is 4.79 Å². The van der Waals surface area contributed by atoms with E-state index in [1.54, 1.807) is 6.07 Å². The van der Waals surface area contributed by atoms with Crippen molar-refractivity contribution in [3.8, 4) is 0 Å². The molecule has 0 saturated heterocycles. The number of hydrogen-bond donors (Lipinski definition) is 6. The number of nitrogen functional groups attached to an aromatic ring is 2. The Hall–Kier alpha value is -2.57. The van der Waals surface area contributed by atoms with Gasteiger partial charge in [-0.05, 0) is 18.2 Å². The number of aliphatic carboxylic acids is 1. The van der Waals surface area contributed by atoms with Gasteiger partial charge in [-0.1, -0.05) is 0 Å². The molecule has 0 spiro atoms. The quantitative estimate of drug-likeness (QED) is 0.307. The largest absolute Gasteiger partial charge is 0.480 e. The maximum Gasteiger partial charge on any atom is 0.322 e. The van der Waals surface area contributed by atoms with Gasteiger partial charge in [0.25, 0.3) is 0 Å². The van der Waals surface area contributed by atoms with Crippen molar-refractivity contribution in [1.82, 2.24) is 0 Å². The molecule has 0 aliphatic heterocycles. The van der Waals surface area contributed by atoms with Crippen molar-refractivity contribution in [2.45, 2.75) is 0 Å². The van der Waals surface area contributed by atoms with Crippen LogP contribution < -0.4 is 16.8 Å².